The van der Waals surface area contributed by atoms with Crippen molar-refractivity contribution in [3.8, 4) is 11.5 Å². The summed E-state index contributed by atoms with van der Waals surface area (Å²) in [5.74, 6) is 1.36. The fraction of sp³-hybridized carbons (Fsp3) is 0.211. The highest BCUT2D eigenvalue weighted by Gasteiger charge is 2.15. The zero-order valence-electron chi connectivity index (χ0n) is 14.0. The number of hydrogen-bond acceptors (Lipinski definition) is 3. The Morgan fingerprint density at radius 3 is 2.50 bits per heavy atom. The van der Waals surface area contributed by atoms with E-state index in [1.165, 1.54) is 0 Å². The number of carbonyl (C=O) groups excluding carboxylic acids is 1. The molecule has 0 aliphatic carbocycles. The van der Waals surface area contributed by atoms with Gasteiger partial charge in [-0.3, -0.25) is 4.79 Å². The van der Waals surface area contributed by atoms with Crippen LogP contribution in [0.1, 0.15) is 23.0 Å². The van der Waals surface area contributed by atoms with Gasteiger partial charge in [-0.15, -0.1) is 0 Å². The number of nitrogens with one attached hydrogen (secondary N) is 2. The van der Waals surface area contributed by atoms with Crippen molar-refractivity contribution in [2.45, 2.75) is 13.8 Å². The summed E-state index contributed by atoms with van der Waals surface area (Å²) in [6.07, 6.45) is 0. The summed E-state index contributed by atoms with van der Waals surface area (Å²) in [7, 11) is 1.62. The van der Waals surface area contributed by atoms with E-state index in [9.17, 15) is 4.79 Å². The number of hydrogen-bond donors (Lipinski definition) is 2. The summed E-state index contributed by atoms with van der Waals surface area (Å²) in [5, 5.41) is 3.91. The summed E-state index contributed by atoms with van der Waals surface area (Å²) in [6, 6.07) is 13.0. The van der Waals surface area contributed by atoms with Crippen molar-refractivity contribution in [3.05, 3.63) is 53.7 Å². The van der Waals surface area contributed by atoms with Gasteiger partial charge in [-0.1, -0.05) is 0 Å². The normalized spacial score (nSPS) is 10.6. The van der Waals surface area contributed by atoms with Gasteiger partial charge in [0.15, 0.2) is 0 Å². The number of ether oxygens (including phenoxy) is 2. The lowest BCUT2D eigenvalue weighted by Crippen LogP contribution is -2.13. The van der Waals surface area contributed by atoms with Crippen LogP contribution in [0.25, 0.3) is 10.9 Å². The SMILES string of the molecule is CCOc1ccc(NC(=O)c2[nH]c3cc(OC)ccc3c2C)cc1. The smallest absolute Gasteiger partial charge is 0.272 e. The molecule has 2 aromatic carbocycles. The minimum absolute atomic E-state index is 0.174. The van der Waals surface area contributed by atoms with Gasteiger partial charge in [0.25, 0.3) is 5.91 Å². The van der Waals surface area contributed by atoms with Crippen molar-refractivity contribution >= 4 is 22.5 Å². The van der Waals surface area contributed by atoms with Crippen LogP contribution in [0, 0.1) is 6.92 Å². The molecule has 24 heavy (non-hydrogen) atoms. The molecule has 3 rings (SSSR count). The molecule has 0 saturated carbocycles. The first kappa shape index (κ1) is 15.9. The minimum atomic E-state index is -0.174. The maximum atomic E-state index is 12.6. The van der Waals surface area contributed by atoms with E-state index in [2.05, 4.69) is 10.3 Å². The molecule has 0 bridgehead atoms. The van der Waals surface area contributed by atoms with Crippen LogP contribution in [-0.4, -0.2) is 24.6 Å². The zero-order valence-corrected chi connectivity index (χ0v) is 14.0. The van der Waals surface area contributed by atoms with Gasteiger partial charge < -0.3 is 19.8 Å². The summed E-state index contributed by atoms with van der Waals surface area (Å²) in [4.78, 5) is 15.7. The standard InChI is InChI=1S/C19H20N2O3/c1-4-24-14-7-5-13(6-8-14)20-19(22)18-12(2)16-10-9-15(23-3)11-17(16)21-18/h5-11,21H,4H2,1-3H3,(H,20,22). The molecular formula is C19H20N2O3. The van der Waals surface area contributed by atoms with Crippen molar-refractivity contribution < 1.29 is 14.3 Å². The van der Waals surface area contributed by atoms with Gasteiger partial charge in [-0.25, -0.2) is 0 Å². The molecule has 1 heterocycles. The van der Waals surface area contributed by atoms with Gasteiger partial charge in [0, 0.05) is 22.7 Å². The lowest BCUT2D eigenvalue weighted by Gasteiger charge is -2.07. The van der Waals surface area contributed by atoms with Gasteiger partial charge in [0.1, 0.15) is 17.2 Å². The highest BCUT2D eigenvalue weighted by Crippen LogP contribution is 2.26. The lowest BCUT2D eigenvalue weighted by atomic mass is 10.1. The Morgan fingerprint density at radius 1 is 1.12 bits per heavy atom. The predicted octanol–water partition coefficient (Wildman–Crippen LogP) is 4.14. The number of H-pyrrole nitrogens is 1. The van der Waals surface area contributed by atoms with E-state index in [1.54, 1.807) is 7.11 Å². The van der Waals surface area contributed by atoms with Gasteiger partial charge in [0.05, 0.1) is 13.7 Å². The fourth-order valence-corrected chi connectivity index (χ4v) is 2.67. The maximum absolute atomic E-state index is 12.6. The predicted molar refractivity (Wildman–Crippen MR) is 95.2 cm³/mol. The van der Waals surface area contributed by atoms with E-state index in [-0.39, 0.29) is 5.91 Å². The van der Waals surface area contributed by atoms with E-state index in [0.29, 0.717) is 12.3 Å². The first-order chi connectivity index (χ1) is 11.6. The van der Waals surface area contributed by atoms with Crippen LogP contribution < -0.4 is 14.8 Å². The third-order valence-electron chi connectivity index (χ3n) is 3.92. The lowest BCUT2D eigenvalue weighted by molar-refractivity contribution is 0.102. The maximum Gasteiger partial charge on any atom is 0.272 e. The highest BCUT2D eigenvalue weighted by molar-refractivity contribution is 6.07. The average molecular weight is 324 g/mol. The minimum Gasteiger partial charge on any atom is -0.497 e. The second-order valence-corrected chi connectivity index (χ2v) is 5.45. The molecule has 5 heteroatoms. The Kier molecular flexibility index (Phi) is 4.42. The van der Waals surface area contributed by atoms with Crippen LogP contribution in [0.3, 0.4) is 0 Å². The number of rotatable bonds is 5. The van der Waals surface area contributed by atoms with Gasteiger partial charge in [-0.05, 0) is 55.8 Å². The Balaban J connectivity index is 1.84. The number of amides is 1. The topological polar surface area (TPSA) is 63.3 Å². The number of aryl methyl sites for hydroxylation is 1. The molecule has 0 saturated heterocycles. The zero-order chi connectivity index (χ0) is 17.1. The third-order valence-corrected chi connectivity index (χ3v) is 3.92. The molecular weight excluding hydrogens is 304 g/mol. The van der Waals surface area contributed by atoms with Crippen LogP contribution >= 0.6 is 0 Å². The summed E-state index contributed by atoms with van der Waals surface area (Å²) >= 11 is 0. The number of anilines is 1. The summed E-state index contributed by atoms with van der Waals surface area (Å²) in [6.45, 7) is 4.48. The number of carbonyl (C=O) groups is 1. The van der Waals surface area contributed by atoms with Gasteiger partial charge >= 0.3 is 0 Å². The Morgan fingerprint density at radius 2 is 1.83 bits per heavy atom. The molecule has 3 aromatic rings. The van der Waals surface area contributed by atoms with E-state index < -0.39 is 0 Å². The largest absolute Gasteiger partial charge is 0.497 e. The molecule has 0 radical (unpaired) electrons. The molecule has 2 N–H and O–H groups in total. The molecule has 5 nitrogen and oxygen atoms in total. The molecule has 0 spiro atoms. The molecule has 124 valence electrons. The van der Waals surface area contributed by atoms with Crippen molar-refractivity contribution in [2.24, 2.45) is 0 Å². The number of benzene rings is 2. The quantitative estimate of drug-likeness (QED) is 0.741. The van der Waals surface area contributed by atoms with Gasteiger partial charge in [-0.2, -0.15) is 0 Å². The molecule has 0 unspecified atom stereocenters. The van der Waals surface area contributed by atoms with E-state index in [4.69, 9.17) is 9.47 Å². The molecule has 0 aliphatic heterocycles. The van der Waals surface area contributed by atoms with E-state index in [1.807, 2.05) is 56.3 Å². The van der Waals surface area contributed by atoms with Crippen molar-refractivity contribution in [1.29, 1.82) is 0 Å². The van der Waals surface area contributed by atoms with Gasteiger partial charge in [0.2, 0.25) is 0 Å². The number of aromatic amines is 1. The Hall–Kier alpha value is -2.95. The number of methoxy groups -OCH3 is 1. The van der Waals surface area contributed by atoms with Crippen molar-refractivity contribution in [1.82, 2.24) is 4.98 Å². The second-order valence-electron chi connectivity index (χ2n) is 5.45. The second kappa shape index (κ2) is 6.66. The first-order valence-corrected chi connectivity index (χ1v) is 7.83. The molecule has 0 atom stereocenters. The monoisotopic (exact) mass is 324 g/mol. The number of aromatic nitrogens is 1. The summed E-state index contributed by atoms with van der Waals surface area (Å²) in [5.41, 5.74) is 3.06. The third kappa shape index (κ3) is 3.06. The van der Waals surface area contributed by atoms with Crippen molar-refractivity contribution in [2.75, 3.05) is 19.0 Å². The van der Waals surface area contributed by atoms with Crippen LogP contribution in [-0.2, 0) is 0 Å². The average Bonchev–Trinajstić information content (AvgIpc) is 2.93. The Labute approximate surface area is 140 Å². The fourth-order valence-electron chi connectivity index (χ4n) is 2.67. The van der Waals surface area contributed by atoms with Crippen LogP contribution in [0.4, 0.5) is 5.69 Å². The van der Waals surface area contributed by atoms with Crippen LogP contribution in [0.5, 0.6) is 11.5 Å². The molecule has 0 aliphatic rings. The van der Waals surface area contributed by atoms with E-state index in [0.717, 1.165) is 33.7 Å². The Bertz CT molecular complexity index is 866. The first-order valence-electron chi connectivity index (χ1n) is 7.83. The highest BCUT2D eigenvalue weighted by atomic mass is 16.5. The van der Waals surface area contributed by atoms with Crippen LogP contribution in [0.15, 0.2) is 42.5 Å². The van der Waals surface area contributed by atoms with Crippen LogP contribution in [0.2, 0.25) is 0 Å². The van der Waals surface area contributed by atoms with E-state index >= 15 is 0 Å². The number of fused-ring (bicyclic) bond motifs is 1. The van der Waals surface area contributed by atoms with Crippen molar-refractivity contribution in [3.63, 3.8) is 0 Å². The molecule has 0 fully saturated rings. The molecule has 1 aromatic heterocycles. The summed E-state index contributed by atoms with van der Waals surface area (Å²) < 4.78 is 10.6. The molecule has 1 amide bonds.